The molecule has 0 bridgehead atoms. The van der Waals surface area contributed by atoms with Crippen LogP contribution in [0.3, 0.4) is 0 Å². The Kier molecular flexibility index (Phi) is 4.52. The molecule has 1 heterocycles. The number of amides is 2. The van der Waals surface area contributed by atoms with Crippen molar-refractivity contribution in [1.82, 2.24) is 16.0 Å². The van der Waals surface area contributed by atoms with Crippen molar-refractivity contribution in [2.24, 2.45) is 5.92 Å². The van der Waals surface area contributed by atoms with E-state index >= 15 is 0 Å². The first-order valence-corrected chi connectivity index (χ1v) is 6.51. The number of rotatable bonds is 5. The first kappa shape index (κ1) is 13.5. The molecule has 0 aromatic heterocycles. The van der Waals surface area contributed by atoms with Crippen molar-refractivity contribution < 1.29 is 9.59 Å². The molecule has 2 rings (SSSR count). The number of nitrogens with one attached hydrogen (secondary N) is 3. The molecule has 0 radical (unpaired) electrons. The molecular weight excluding hydrogens is 242 g/mol. The minimum atomic E-state index is -0.527. The van der Waals surface area contributed by atoms with Gasteiger partial charge in [-0.2, -0.15) is 0 Å². The van der Waals surface area contributed by atoms with Crippen molar-refractivity contribution in [2.45, 2.75) is 13.0 Å². The molecule has 1 unspecified atom stereocenters. The molecule has 5 nitrogen and oxygen atoms in total. The highest BCUT2D eigenvalue weighted by Gasteiger charge is 2.20. The molecule has 0 aliphatic carbocycles. The van der Waals surface area contributed by atoms with Gasteiger partial charge in [0.05, 0.1) is 0 Å². The summed E-state index contributed by atoms with van der Waals surface area (Å²) in [7, 11) is 0. The van der Waals surface area contributed by atoms with Crippen LogP contribution in [-0.4, -0.2) is 37.5 Å². The Morgan fingerprint density at radius 3 is 2.58 bits per heavy atom. The second-order valence-electron chi connectivity index (χ2n) is 4.83. The molecule has 1 aliphatic rings. The van der Waals surface area contributed by atoms with Crippen LogP contribution in [0.15, 0.2) is 30.3 Å². The summed E-state index contributed by atoms with van der Waals surface area (Å²) in [6.45, 7) is 4.25. The van der Waals surface area contributed by atoms with Crippen molar-refractivity contribution in [1.29, 1.82) is 0 Å². The van der Waals surface area contributed by atoms with Gasteiger partial charge in [0.2, 0.25) is 5.91 Å². The Bertz CT molecular complexity index is 443. The van der Waals surface area contributed by atoms with Gasteiger partial charge < -0.3 is 16.0 Å². The van der Waals surface area contributed by atoms with Crippen LogP contribution in [0.25, 0.3) is 0 Å². The summed E-state index contributed by atoms with van der Waals surface area (Å²) >= 11 is 0. The van der Waals surface area contributed by atoms with E-state index in [0.29, 0.717) is 18.0 Å². The fraction of sp³-hybridized carbons (Fsp3) is 0.429. The quantitative estimate of drug-likeness (QED) is 0.706. The third-order valence-corrected chi connectivity index (χ3v) is 3.21. The molecule has 1 aromatic carbocycles. The van der Waals surface area contributed by atoms with Gasteiger partial charge in [0.1, 0.15) is 6.04 Å². The predicted molar refractivity (Wildman–Crippen MR) is 72.7 cm³/mol. The first-order valence-electron chi connectivity index (χ1n) is 6.51. The van der Waals surface area contributed by atoms with E-state index in [1.807, 2.05) is 6.07 Å². The Morgan fingerprint density at radius 1 is 1.32 bits per heavy atom. The van der Waals surface area contributed by atoms with E-state index < -0.39 is 6.04 Å². The minimum absolute atomic E-state index is 0.142. The predicted octanol–water partition coefficient (Wildman–Crippen LogP) is 0.141. The van der Waals surface area contributed by atoms with Gasteiger partial charge in [0.25, 0.3) is 5.91 Å². The number of carbonyl (C=O) groups excluding carboxylic acids is 2. The molecule has 5 heteroatoms. The van der Waals surface area contributed by atoms with Gasteiger partial charge in [-0.05, 0) is 19.1 Å². The Morgan fingerprint density at radius 2 is 2.00 bits per heavy atom. The van der Waals surface area contributed by atoms with E-state index in [0.717, 1.165) is 13.1 Å². The monoisotopic (exact) mass is 261 g/mol. The van der Waals surface area contributed by atoms with Crippen LogP contribution < -0.4 is 16.0 Å². The lowest BCUT2D eigenvalue weighted by Gasteiger charge is -2.27. The zero-order valence-corrected chi connectivity index (χ0v) is 11.0. The van der Waals surface area contributed by atoms with E-state index in [9.17, 15) is 9.59 Å². The molecule has 19 heavy (non-hydrogen) atoms. The van der Waals surface area contributed by atoms with Crippen LogP contribution in [0.5, 0.6) is 0 Å². The fourth-order valence-electron chi connectivity index (χ4n) is 1.83. The Hall–Kier alpha value is -1.88. The average Bonchev–Trinajstić information content (AvgIpc) is 2.37. The van der Waals surface area contributed by atoms with E-state index in [1.54, 1.807) is 31.2 Å². The van der Waals surface area contributed by atoms with Crippen molar-refractivity contribution in [3.8, 4) is 0 Å². The number of hydrogen-bond acceptors (Lipinski definition) is 3. The van der Waals surface area contributed by atoms with Crippen molar-refractivity contribution in [3.05, 3.63) is 35.9 Å². The van der Waals surface area contributed by atoms with Gasteiger partial charge in [-0.1, -0.05) is 18.2 Å². The molecule has 1 aromatic rings. The standard InChI is InChI=1S/C14H19N3O2/c1-10(13(18)16-9-11-7-15-8-11)17-14(19)12-5-3-2-4-6-12/h2-6,10-11,15H,7-9H2,1H3,(H,16,18)(H,17,19). The minimum Gasteiger partial charge on any atom is -0.354 e. The van der Waals surface area contributed by atoms with Crippen molar-refractivity contribution >= 4 is 11.8 Å². The lowest BCUT2D eigenvalue weighted by molar-refractivity contribution is -0.122. The number of benzene rings is 1. The maximum absolute atomic E-state index is 11.9. The van der Waals surface area contributed by atoms with E-state index in [-0.39, 0.29) is 11.8 Å². The molecular formula is C14H19N3O2. The summed E-state index contributed by atoms with van der Waals surface area (Å²) in [5, 5.41) is 8.68. The molecule has 2 amide bonds. The third kappa shape index (κ3) is 3.79. The van der Waals surface area contributed by atoms with Gasteiger partial charge >= 0.3 is 0 Å². The molecule has 3 N–H and O–H groups in total. The SMILES string of the molecule is CC(NC(=O)c1ccccc1)C(=O)NCC1CNC1. The smallest absolute Gasteiger partial charge is 0.251 e. The second-order valence-corrected chi connectivity index (χ2v) is 4.83. The molecule has 102 valence electrons. The topological polar surface area (TPSA) is 70.2 Å². The first-order chi connectivity index (χ1) is 9.16. The van der Waals surface area contributed by atoms with Crippen LogP contribution in [0.2, 0.25) is 0 Å². The van der Waals surface area contributed by atoms with Crippen LogP contribution >= 0.6 is 0 Å². The van der Waals surface area contributed by atoms with Crippen molar-refractivity contribution in [2.75, 3.05) is 19.6 Å². The fourth-order valence-corrected chi connectivity index (χ4v) is 1.83. The Labute approximate surface area is 112 Å². The van der Waals surface area contributed by atoms with Crippen LogP contribution in [-0.2, 0) is 4.79 Å². The maximum Gasteiger partial charge on any atom is 0.251 e. The summed E-state index contributed by atoms with van der Waals surface area (Å²) in [6, 6.07) is 8.35. The Balaban J connectivity index is 1.77. The molecule has 1 aliphatic heterocycles. The van der Waals surface area contributed by atoms with Crippen molar-refractivity contribution in [3.63, 3.8) is 0 Å². The molecule has 0 saturated carbocycles. The van der Waals surface area contributed by atoms with E-state index in [4.69, 9.17) is 0 Å². The zero-order valence-electron chi connectivity index (χ0n) is 11.0. The zero-order chi connectivity index (χ0) is 13.7. The van der Waals surface area contributed by atoms with Gasteiger partial charge in [0, 0.05) is 31.1 Å². The van der Waals surface area contributed by atoms with Gasteiger partial charge in [-0.25, -0.2) is 0 Å². The molecule has 1 saturated heterocycles. The maximum atomic E-state index is 11.9. The van der Waals surface area contributed by atoms with Crippen LogP contribution in [0.1, 0.15) is 17.3 Å². The van der Waals surface area contributed by atoms with Gasteiger partial charge in [-0.15, -0.1) is 0 Å². The summed E-state index contributed by atoms with van der Waals surface area (Å²) < 4.78 is 0. The summed E-state index contributed by atoms with van der Waals surface area (Å²) in [5.74, 6) is 0.144. The largest absolute Gasteiger partial charge is 0.354 e. The van der Waals surface area contributed by atoms with Crippen LogP contribution in [0, 0.1) is 5.92 Å². The lowest BCUT2D eigenvalue weighted by Crippen LogP contribution is -2.51. The summed E-state index contributed by atoms with van der Waals surface area (Å²) in [4.78, 5) is 23.7. The number of hydrogen-bond donors (Lipinski definition) is 3. The van der Waals surface area contributed by atoms with Gasteiger partial charge in [0.15, 0.2) is 0 Å². The summed E-state index contributed by atoms with van der Waals surface area (Å²) in [5.41, 5.74) is 0.561. The molecule has 1 fully saturated rings. The van der Waals surface area contributed by atoms with Crippen LogP contribution in [0.4, 0.5) is 0 Å². The average molecular weight is 261 g/mol. The van der Waals surface area contributed by atoms with E-state index in [1.165, 1.54) is 0 Å². The highest BCUT2D eigenvalue weighted by Crippen LogP contribution is 2.01. The van der Waals surface area contributed by atoms with Gasteiger partial charge in [-0.3, -0.25) is 9.59 Å². The second kappa shape index (κ2) is 6.33. The normalized spacial score (nSPS) is 16.3. The molecule has 1 atom stereocenters. The lowest BCUT2D eigenvalue weighted by atomic mass is 10.0. The molecule has 0 spiro atoms. The third-order valence-electron chi connectivity index (χ3n) is 3.21. The highest BCUT2D eigenvalue weighted by molar-refractivity contribution is 5.97. The highest BCUT2D eigenvalue weighted by atomic mass is 16.2. The van der Waals surface area contributed by atoms with E-state index in [2.05, 4.69) is 16.0 Å². The summed E-state index contributed by atoms with van der Waals surface area (Å²) in [6.07, 6.45) is 0. The number of carbonyl (C=O) groups is 2.